The first-order chi connectivity index (χ1) is 17.3. The number of nitriles is 1. The minimum absolute atomic E-state index is 0.0947. The highest BCUT2D eigenvalue weighted by atomic mass is 32.2. The summed E-state index contributed by atoms with van der Waals surface area (Å²) < 4.78 is 43.1. The fourth-order valence-corrected chi connectivity index (χ4v) is 5.68. The second-order valence-electron chi connectivity index (χ2n) is 8.35. The molecule has 0 saturated carbocycles. The van der Waals surface area contributed by atoms with Gasteiger partial charge in [-0.05, 0) is 61.2 Å². The highest BCUT2D eigenvalue weighted by Crippen LogP contribution is 2.33. The van der Waals surface area contributed by atoms with Crippen molar-refractivity contribution in [3.63, 3.8) is 0 Å². The smallest absolute Gasteiger partial charge is 0.349 e. The molecule has 0 aromatic heterocycles. The van der Waals surface area contributed by atoms with Crippen LogP contribution in [0.3, 0.4) is 0 Å². The van der Waals surface area contributed by atoms with E-state index in [1.165, 1.54) is 16.4 Å². The Morgan fingerprint density at radius 3 is 2.61 bits per heavy atom. The first-order valence-corrected chi connectivity index (χ1v) is 12.8. The van der Waals surface area contributed by atoms with E-state index < -0.39 is 28.5 Å². The molecular formula is C25H25N3O7S. The number of carbonyl (C=O) groups is 2. The second kappa shape index (κ2) is 10.8. The molecule has 2 aliphatic rings. The Morgan fingerprint density at radius 2 is 1.86 bits per heavy atom. The van der Waals surface area contributed by atoms with Gasteiger partial charge in [0.1, 0.15) is 11.6 Å². The largest absolute Gasteiger partial charge is 0.454 e. The molecule has 4 rings (SSSR count). The van der Waals surface area contributed by atoms with Crippen LogP contribution in [0.2, 0.25) is 0 Å². The molecule has 0 unspecified atom stereocenters. The minimum Gasteiger partial charge on any atom is -0.454 e. The first kappa shape index (κ1) is 25.2. The Labute approximate surface area is 209 Å². The topological polar surface area (TPSA) is 135 Å². The predicted octanol–water partition coefficient (Wildman–Crippen LogP) is 2.99. The number of benzene rings is 2. The zero-order valence-electron chi connectivity index (χ0n) is 19.7. The molecule has 0 radical (unpaired) electrons. The number of anilines is 1. The zero-order chi connectivity index (χ0) is 25.7. The van der Waals surface area contributed by atoms with E-state index in [2.05, 4.69) is 5.32 Å². The number of ether oxygens (including phenoxy) is 3. The highest BCUT2D eigenvalue weighted by Gasteiger charge is 2.27. The third-order valence-corrected chi connectivity index (χ3v) is 7.83. The first-order valence-electron chi connectivity index (χ1n) is 11.4. The molecule has 2 aromatic rings. The average molecular weight is 512 g/mol. The van der Waals surface area contributed by atoms with Gasteiger partial charge in [-0.1, -0.05) is 18.6 Å². The average Bonchev–Trinajstić information content (AvgIpc) is 3.35. The molecule has 2 heterocycles. The minimum atomic E-state index is -3.69. The van der Waals surface area contributed by atoms with Crippen molar-refractivity contribution in [3.8, 4) is 17.6 Å². The molecule has 2 aliphatic heterocycles. The number of sulfonamides is 1. The van der Waals surface area contributed by atoms with Gasteiger partial charge in [0.15, 0.2) is 18.1 Å². The number of nitrogens with one attached hydrogen (secondary N) is 1. The molecule has 36 heavy (non-hydrogen) atoms. The highest BCUT2D eigenvalue weighted by molar-refractivity contribution is 7.89. The second-order valence-corrected chi connectivity index (χ2v) is 10.3. The van der Waals surface area contributed by atoms with Crippen molar-refractivity contribution in [3.05, 3.63) is 53.1 Å². The maximum absolute atomic E-state index is 13.1. The van der Waals surface area contributed by atoms with E-state index in [-0.39, 0.29) is 22.9 Å². The van der Waals surface area contributed by atoms with Crippen LogP contribution in [0.5, 0.6) is 11.5 Å². The van der Waals surface area contributed by atoms with E-state index in [4.69, 9.17) is 14.2 Å². The number of fused-ring (bicyclic) bond motifs is 1. The van der Waals surface area contributed by atoms with E-state index in [0.717, 1.165) is 19.3 Å². The molecule has 1 amide bonds. The van der Waals surface area contributed by atoms with Gasteiger partial charge in [0.2, 0.25) is 16.8 Å². The number of esters is 1. The van der Waals surface area contributed by atoms with Crippen molar-refractivity contribution in [2.45, 2.75) is 31.1 Å². The lowest BCUT2D eigenvalue weighted by Gasteiger charge is -2.26. The van der Waals surface area contributed by atoms with Crippen LogP contribution in [-0.4, -0.2) is 51.1 Å². The van der Waals surface area contributed by atoms with E-state index in [0.29, 0.717) is 35.7 Å². The Kier molecular flexibility index (Phi) is 7.57. The fourth-order valence-electron chi connectivity index (χ4n) is 3.91. The van der Waals surface area contributed by atoms with Crippen molar-refractivity contribution in [1.29, 1.82) is 5.26 Å². The van der Waals surface area contributed by atoms with E-state index in [1.54, 1.807) is 43.3 Å². The lowest BCUT2D eigenvalue weighted by atomic mass is 10.1. The van der Waals surface area contributed by atoms with Crippen molar-refractivity contribution < 1.29 is 32.2 Å². The number of aryl methyl sites for hydroxylation is 1. The van der Waals surface area contributed by atoms with E-state index in [9.17, 15) is 23.3 Å². The van der Waals surface area contributed by atoms with Gasteiger partial charge in [-0.25, -0.2) is 13.2 Å². The van der Waals surface area contributed by atoms with Gasteiger partial charge in [-0.15, -0.1) is 0 Å². The summed E-state index contributed by atoms with van der Waals surface area (Å²) in [5.41, 5.74) is 1.05. The number of rotatable bonds is 7. The number of nitrogens with zero attached hydrogens (tertiary/aromatic N) is 2. The van der Waals surface area contributed by atoms with Gasteiger partial charge in [0.05, 0.1) is 4.90 Å². The molecule has 11 heteroatoms. The standard InChI is InChI=1S/C25H25N3O7S/c1-17-5-7-20(13-23(17)36(31,32)28-9-3-2-4-10-28)27-24(29)15-33-25(30)19(14-26)11-18-6-8-21-22(12-18)35-16-34-21/h5-8,11-13H,2-4,9-10,15-16H2,1H3,(H,27,29)/b19-11-. The monoisotopic (exact) mass is 511 g/mol. The Morgan fingerprint density at radius 1 is 1.11 bits per heavy atom. The lowest BCUT2D eigenvalue weighted by molar-refractivity contribution is -0.142. The van der Waals surface area contributed by atoms with Crippen molar-refractivity contribution in [1.82, 2.24) is 4.31 Å². The molecule has 0 atom stereocenters. The van der Waals surface area contributed by atoms with Gasteiger partial charge in [0.25, 0.3) is 5.91 Å². The molecule has 2 aromatic carbocycles. The molecule has 1 fully saturated rings. The van der Waals surface area contributed by atoms with Crippen LogP contribution in [0, 0.1) is 18.3 Å². The van der Waals surface area contributed by atoms with Crippen LogP contribution in [0.15, 0.2) is 46.9 Å². The molecule has 1 saturated heterocycles. The Bertz CT molecular complexity index is 1360. The SMILES string of the molecule is Cc1ccc(NC(=O)COC(=O)/C(C#N)=C\c2ccc3c(c2)OCO3)cc1S(=O)(=O)N1CCCCC1. The summed E-state index contributed by atoms with van der Waals surface area (Å²) in [6.07, 6.45) is 3.95. The van der Waals surface area contributed by atoms with Gasteiger partial charge < -0.3 is 19.5 Å². The summed E-state index contributed by atoms with van der Waals surface area (Å²) in [6, 6.07) is 11.3. The summed E-state index contributed by atoms with van der Waals surface area (Å²) in [7, 11) is -3.69. The normalized spacial score (nSPS) is 15.7. The zero-order valence-corrected chi connectivity index (χ0v) is 20.5. The van der Waals surface area contributed by atoms with Gasteiger partial charge in [0, 0.05) is 18.8 Å². The lowest BCUT2D eigenvalue weighted by Crippen LogP contribution is -2.36. The van der Waals surface area contributed by atoms with Gasteiger partial charge >= 0.3 is 5.97 Å². The molecule has 10 nitrogen and oxygen atoms in total. The van der Waals surface area contributed by atoms with Crippen LogP contribution in [0.1, 0.15) is 30.4 Å². The van der Waals surface area contributed by atoms with E-state index >= 15 is 0 Å². The van der Waals surface area contributed by atoms with E-state index in [1.807, 2.05) is 0 Å². The van der Waals surface area contributed by atoms with Crippen molar-refractivity contribution in [2.24, 2.45) is 0 Å². The molecule has 0 aliphatic carbocycles. The van der Waals surface area contributed by atoms with Gasteiger partial charge in [-0.2, -0.15) is 9.57 Å². The number of amides is 1. The van der Waals surface area contributed by atoms with Crippen LogP contribution in [-0.2, 0) is 24.3 Å². The van der Waals surface area contributed by atoms with Crippen LogP contribution < -0.4 is 14.8 Å². The summed E-state index contributed by atoms with van der Waals surface area (Å²) in [4.78, 5) is 24.8. The summed E-state index contributed by atoms with van der Waals surface area (Å²) in [5.74, 6) is -0.585. The fraction of sp³-hybridized carbons (Fsp3) is 0.320. The summed E-state index contributed by atoms with van der Waals surface area (Å²) in [5, 5.41) is 11.9. The van der Waals surface area contributed by atoms with Crippen LogP contribution >= 0.6 is 0 Å². The summed E-state index contributed by atoms with van der Waals surface area (Å²) >= 11 is 0. The number of hydrogen-bond acceptors (Lipinski definition) is 8. The van der Waals surface area contributed by atoms with Crippen LogP contribution in [0.4, 0.5) is 5.69 Å². The molecule has 0 spiro atoms. The maximum Gasteiger partial charge on any atom is 0.349 e. The van der Waals surface area contributed by atoms with Crippen molar-refractivity contribution in [2.75, 3.05) is 31.8 Å². The third kappa shape index (κ3) is 5.67. The molecule has 188 valence electrons. The Hall–Kier alpha value is -3.88. The summed E-state index contributed by atoms with van der Waals surface area (Å²) in [6.45, 7) is 2.07. The Balaban J connectivity index is 1.39. The number of hydrogen-bond donors (Lipinski definition) is 1. The molecular weight excluding hydrogens is 486 g/mol. The van der Waals surface area contributed by atoms with Gasteiger partial charge in [-0.3, -0.25) is 4.79 Å². The van der Waals surface area contributed by atoms with Crippen molar-refractivity contribution >= 4 is 33.7 Å². The predicted molar refractivity (Wildman–Crippen MR) is 130 cm³/mol. The maximum atomic E-state index is 13.1. The number of carbonyl (C=O) groups excluding carboxylic acids is 2. The molecule has 1 N–H and O–H groups in total. The molecule has 0 bridgehead atoms. The van der Waals surface area contributed by atoms with Crippen LogP contribution in [0.25, 0.3) is 6.08 Å². The number of piperidine rings is 1. The third-order valence-electron chi connectivity index (χ3n) is 5.79. The quantitative estimate of drug-likeness (QED) is 0.341.